The molecule has 0 aromatic carbocycles. The van der Waals surface area contributed by atoms with Crippen molar-refractivity contribution in [1.82, 2.24) is 0 Å². The third-order valence-electron chi connectivity index (χ3n) is 1.36. The van der Waals surface area contributed by atoms with E-state index in [4.69, 9.17) is 0 Å². The lowest BCUT2D eigenvalue weighted by molar-refractivity contribution is -0.341. The van der Waals surface area contributed by atoms with Crippen LogP contribution in [0, 0.1) is 0 Å². The van der Waals surface area contributed by atoms with E-state index in [2.05, 4.69) is 4.74 Å². The molecule has 0 bridgehead atoms. The molecule has 0 atom stereocenters. The maximum atomic E-state index is 12.4. The second-order valence-corrected chi connectivity index (χ2v) is 2.55. The molecule has 0 aromatic rings. The highest BCUT2D eigenvalue weighted by atomic mass is 19.4. The van der Waals surface area contributed by atoms with Gasteiger partial charge in [-0.25, -0.2) is 0 Å². The summed E-state index contributed by atoms with van der Waals surface area (Å²) >= 11 is 0. The Balaban J connectivity index is 4.85. The van der Waals surface area contributed by atoms with Crippen LogP contribution in [-0.4, -0.2) is 31.7 Å². The molecule has 1 nitrogen and oxygen atoms in total. The Kier molecular flexibility index (Phi) is 4.15. The van der Waals surface area contributed by atoms with Crippen LogP contribution in [-0.2, 0) is 4.74 Å². The molecule has 0 aromatic heterocycles. The molecule has 0 fully saturated rings. The van der Waals surface area contributed by atoms with Gasteiger partial charge >= 0.3 is 18.0 Å². The largest absolute Gasteiger partial charge is 0.460 e. The predicted molar refractivity (Wildman–Crippen MR) is 37.0 cm³/mol. The van der Waals surface area contributed by atoms with E-state index in [-0.39, 0.29) is 0 Å². The minimum Gasteiger partial charge on any atom is -0.381 e. The summed E-state index contributed by atoms with van der Waals surface area (Å²) in [6.07, 6.45) is -6.43. The van der Waals surface area contributed by atoms with Gasteiger partial charge in [0.15, 0.2) is 0 Å². The number of alkyl halides is 7. The first-order valence-corrected chi connectivity index (χ1v) is 3.55. The summed E-state index contributed by atoms with van der Waals surface area (Å²) in [6, 6.07) is 0. The SMILES string of the molecule is COC/C=C/C(F)(F)C(F)(F)C(F)(F)F. The molecule has 0 saturated carbocycles. The Morgan fingerprint density at radius 1 is 1.00 bits per heavy atom. The van der Waals surface area contributed by atoms with Crippen LogP contribution in [0.5, 0.6) is 0 Å². The maximum Gasteiger partial charge on any atom is 0.460 e. The minimum atomic E-state index is -6.30. The zero-order chi connectivity index (χ0) is 12.3. The number of hydrogen-bond acceptors (Lipinski definition) is 1. The molecule has 0 aliphatic carbocycles. The van der Waals surface area contributed by atoms with Crippen LogP contribution in [0.2, 0.25) is 0 Å². The number of halogens is 7. The second-order valence-electron chi connectivity index (χ2n) is 2.55. The Morgan fingerprint density at radius 2 is 1.47 bits per heavy atom. The summed E-state index contributed by atoms with van der Waals surface area (Å²) in [4.78, 5) is 0. The molecule has 15 heavy (non-hydrogen) atoms. The van der Waals surface area contributed by atoms with E-state index >= 15 is 0 Å². The van der Waals surface area contributed by atoms with Crippen molar-refractivity contribution in [3.05, 3.63) is 12.2 Å². The van der Waals surface area contributed by atoms with Gasteiger partial charge < -0.3 is 4.74 Å². The number of ether oxygens (including phenoxy) is 1. The lowest BCUT2D eigenvalue weighted by Gasteiger charge is -2.25. The van der Waals surface area contributed by atoms with E-state index in [9.17, 15) is 30.7 Å². The van der Waals surface area contributed by atoms with Gasteiger partial charge in [0.05, 0.1) is 6.61 Å². The van der Waals surface area contributed by atoms with Gasteiger partial charge in [0.1, 0.15) is 0 Å². The molecule has 0 N–H and O–H groups in total. The van der Waals surface area contributed by atoms with Crippen LogP contribution in [0.25, 0.3) is 0 Å². The van der Waals surface area contributed by atoms with Crippen LogP contribution in [0.15, 0.2) is 12.2 Å². The number of rotatable bonds is 4. The molecule has 0 rings (SSSR count). The first-order valence-electron chi connectivity index (χ1n) is 3.55. The van der Waals surface area contributed by atoms with Crippen molar-refractivity contribution in [2.45, 2.75) is 18.0 Å². The molecule has 0 radical (unpaired) electrons. The average molecular weight is 240 g/mol. The standard InChI is InChI=1S/C7H7F7O/c1-15-4-2-3-5(8,9)6(10,11)7(12,13)14/h2-3H,4H2,1H3/b3-2+. The van der Waals surface area contributed by atoms with E-state index < -0.39 is 30.7 Å². The first kappa shape index (κ1) is 14.2. The van der Waals surface area contributed by atoms with Crippen molar-refractivity contribution in [2.24, 2.45) is 0 Å². The van der Waals surface area contributed by atoms with Gasteiger partial charge in [-0.3, -0.25) is 0 Å². The fourth-order valence-electron chi connectivity index (χ4n) is 0.586. The van der Waals surface area contributed by atoms with Gasteiger partial charge in [0, 0.05) is 7.11 Å². The van der Waals surface area contributed by atoms with Crippen LogP contribution >= 0.6 is 0 Å². The summed E-state index contributed by atoms with van der Waals surface area (Å²) in [7, 11) is 1.07. The third-order valence-corrected chi connectivity index (χ3v) is 1.36. The zero-order valence-corrected chi connectivity index (χ0v) is 7.42. The van der Waals surface area contributed by atoms with Gasteiger partial charge in [-0.05, 0) is 6.08 Å². The van der Waals surface area contributed by atoms with Gasteiger partial charge in [-0.1, -0.05) is 6.08 Å². The van der Waals surface area contributed by atoms with Crippen LogP contribution in [0.1, 0.15) is 0 Å². The number of allylic oxidation sites excluding steroid dienone is 1. The molecule has 90 valence electrons. The van der Waals surface area contributed by atoms with Crippen molar-refractivity contribution in [3.63, 3.8) is 0 Å². The topological polar surface area (TPSA) is 9.23 Å². The van der Waals surface area contributed by atoms with E-state index in [0.29, 0.717) is 6.08 Å². The first-order chi connectivity index (χ1) is 6.56. The third kappa shape index (κ3) is 3.08. The van der Waals surface area contributed by atoms with Crippen LogP contribution in [0.3, 0.4) is 0 Å². The van der Waals surface area contributed by atoms with Crippen molar-refractivity contribution in [1.29, 1.82) is 0 Å². The van der Waals surface area contributed by atoms with Crippen LogP contribution < -0.4 is 0 Å². The molecule has 0 aliphatic rings. The van der Waals surface area contributed by atoms with Gasteiger partial charge in [-0.2, -0.15) is 30.7 Å². The molecule has 0 aliphatic heterocycles. The summed E-state index contributed by atoms with van der Waals surface area (Å²) in [6.45, 7) is -0.483. The quantitative estimate of drug-likeness (QED) is 0.542. The fraction of sp³-hybridized carbons (Fsp3) is 0.714. The number of hydrogen-bond donors (Lipinski definition) is 0. The second kappa shape index (κ2) is 4.38. The van der Waals surface area contributed by atoms with E-state index in [1.54, 1.807) is 0 Å². The molecular formula is C7H7F7O. The Morgan fingerprint density at radius 3 is 1.80 bits per heavy atom. The van der Waals surface area contributed by atoms with Gasteiger partial charge in [-0.15, -0.1) is 0 Å². The predicted octanol–water partition coefficient (Wildman–Crippen LogP) is 3.02. The van der Waals surface area contributed by atoms with Crippen molar-refractivity contribution in [3.8, 4) is 0 Å². The highest BCUT2D eigenvalue weighted by Gasteiger charge is 2.71. The smallest absolute Gasteiger partial charge is 0.381 e. The summed E-state index contributed by atoms with van der Waals surface area (Å²) in [5, 5.41) is 0. The van der Waals surface area contributed by atoms with E-state index in [0.717, 1.165) is 7.11 Å². The molecule has 0 heterocycles. The Hall–Kier alpha value is -0.790. The summed E-state index contributed by atoms with van der Waals surface area (Å²) in [5.74, 6) is -11.4. The Bertz CT molecular complexity index is 230. The molecule has 0 spiro atoms. The molecule has 0 saturated heterocycles. The summed E-state index contributed by atoms with van der Waals surface area (Å²) < 4.78 is 88.0. The highest BCUT2D eigenvalue weighted by Crippen LogP contribution is 2.46. The Labute approximate surface area is 80.5 Å². The van der Waals surface area contributed by atoms with Crippen molar-refractivity contribution in [2.75, 3.05) is 13.7 Å². The average Bonchev–Trinajstić information content (AvgIpc) is 2.02. The normalized spacial score (nSPS) is 14.9. The van der Waals surface area contributed by atoms with Gasteiger partial charge in [0.2, 0.25) is 0 Å². The van der Waals surface area contributed by atoms with Gasteiger partial charge in [0.25, 0.3) is 0 Å². The van der Waals surface area contributed by atoms with Crippen molar-refractivity contribution >= 4 is 0 Å². The monoisotopic (exact) mass is 240 g/mol. The molecular weight excluding hydrogens is 233 g/mol. The molecule has 0 unspecified atom stereocenters. The zero-order valence-electron chi connectivity index (χ0n) is 7.42. The maximum absolute atomic E-state index is 12.4. The number of methoxy groups -OCH3 is 1. The molecule has 8 heteroatoms. The van der Waals surface area contributed by atoms with Crippen molar-refractivity contribution < 1.29 is 35.5 Å². The minimum absolute atomic E-state index is 0.389. The van der Waals surface area contributed by atoms with E-state index in [1.807, 2.05) is 0 Å². The summed E-state index contributed by atoms with van der Waals surface area (Å²) in [5.41, 5.74) is 0. The fourth-order valence-corrected chi connectivity index (χ4v) is 0.586. The van der Waals surface area contributed by atoms with Crippen LogP contribution in [0.4, 0.5) is 30.7 Å². The van der Waals surface area contributed by atoms with E-state index in [1.165, 1.54) is 0 Å². The lowest BCUT2D eigenvalue weighted by atomic mass is 10.1. The highest BCUT2D eigenvalue weighted by molar-refractivity contribution is 5.05. The lowest BCUT2D eigenvalue weighted by Crippen LogP contribution is -2.50. The molecule has 0 amide bonds.